The zero-order valence-corrected chi connectivity index (χ0v) is 13.6. The SMILES string of the molecule is CCCNC(=O)CCc1ccc(C(=O)c2ccc(N)cc2)n1C. The molecule has 2 rings (SSSR count). The van der Waals surface area contributed by atoms with Crippen molar-refractivity contribution < 1.29 is 9.59 Å². The Hall–Kier alpha value is -2.56. The van der Waals surface area contributed by atoms with Gasteiger partial charge in [0, 0.05) is 37.0 Å². The molecule has 3 N–H and O–H groups in total. The fourth-order valence-corrected chi connectivity index (χ4v) is 2.41. The van der Waals surface area contributed by atoms with Crippen molar-refractivity contribution in [2.45, 2.75) is 26.2 Å². The normalized spacial score (nSPS) is 10.5. The minimum Gasteiger partial charge on any atom is -0.399 e. The summed E-state index contributed by atoms with van der Waals surface area (Å²) in [5, 5.41) is 2.86. The van der Waals surface area contributed by atoms with Gasteiger partial charge >= 0.3 is 0 Å². The van der Waals surface area contributed by atoms with Gasteiger partial charge in [-0.25, -0.2) is 0 Å². The first-order valence-electron chi connectivity index (χ1n) is 7.84. The van der Waals surface area contributed by atoms with E-state index in [1.165, 1.54) is 0 Å². The number of anilines is 1. The highest BCUT2D eigenvalue weighted by Gasteiger charge is 2.15. The number of nitrogens with zero attached hydrogens (tertiary/aromatic N) is 1. The molecule has 0 bridgehead atoms. The lowest BCUT2D eigenvalue weighted by Gasteiger charge is -2.08. The standard InChI is InChI=1S/C18H23N3O2/c1-3-12-20-17(22)11-9-15-8-10-16(21(15)2)18(23)13-4-6-14(19)7-5-13/h4-8,10H,3,9,11-12,19H2,1-2H3,(H,20,22). The summed E-state index contributed by atoms with van der Waals surface area (Å²) >= 11 is 0. The number of carbonyl (C=O) groups excluding carboxylic acids is 2. The molecule has 1 aromatic heterocycles. The van der Waals surface area contributed by atoms with Crippen LogP contribution in [0.3, 0.4) is 0 Å². The number of ketones is 1. The van der Waals surface area contributed by atoms with Crippen LogP contribution in [-0.2, 0) is 18.3 Å². The van der Waals surface area contributed by atoms with E-state index in [0.717, 1.165) is 12.1 Å². The van der Waals surface area contributed by atoms with E-state index in [-0.39, 0.29) is 11.7 Å². The lowest BCUT2D eigenvalue weighted by Crippen LogP contribution is -2.24. The van der Waals surface area contributed by atoms with E-state index in [2.05, 4.69) is 5.32 Å². The number of hydrogen-bond donors (Lipinski definition) is 2. The van der Waals surface area contributed by atoms with E-state index in [1.54, 1.807) is 30.3 Å². The number of rotatable bonds is 7. The zero-order chi connectivity index (χ0) is 16.8. The molecule has 122 valence electrons. The Bertz CT molecular complexity index is 687. The second kappa shape index (κ2) is 7.63. The van der Waals surface area contributed by atoms with Crippen molar-refractivity contribution in [3.05, 3.63) is 53.3 Å². The van der Waals surface area contributed by atoms with Crippen LogP contribution >= 0.6 is 0 Å². The van der Waals surface area contributed by atoms with Crippen molar-refractivity contribution in [2.75, 3.05) is 12.3 Å². The van der Waals surface area contributed by atoms with Crippen molar-refractivity contribution in [1.29, 1.82) is 0 Å². The number of aryl methyl sites for hydroxylation is 1. The molecule has 0 radical (unpaired) electrons. The fraction of sp³-hybridized carbons (Fsp3) is 0.333. The lowest BCUT2D eigenvalue weighted by molar-refractivity contribution is -0.121. The van der Waals surface area contributed by atoms with Gasteiger partial charge in [0.05, 0.1) is 5.69 Å². The second-order valence-corrected chi connectivity index (χ2v) is 5.57. The molecule has 5 nitrogen and oxygen atoms in total. The first-order valence-corrected chi connectivity index (χ1v) is 7.84. The third kappa shape index (κ3) is 4.22. The largest absolute Gasteiger partial charge is 0.399 e. The van der Waals surface area contributed by atoms with Gasteiger partial charge in [0.1, 0.15) is 0 Å². The molecule has 1 heterocycles. The highest BCUT2D eigenvalue weighted by atomic mass is 16.1. The van der Waals surface area contributed by atoms with Crippen molar-refractivity contribution in [3.63, 3.8) is 0 Å². The van der Waals surface area contributed by atoms with Crippen LogP contribution in [0.15, 0.2) is 36.4 Å². The van der Waals surface area contributed by atoms with Gasteiger partial charge in [0.15, 0.2) is 0 Å². The second-order valence-electron chi connectivity index (χ2n) is 5.57. The predicted molar refractivity (Wildman–Crippen MR) is 91.3 cm³/mol. The molecule has 2 aromatic rings. The summed E-state index contributed by atoms with van der Waals surface area (Å²) < 4.78 is 1.85. The van der Waals surface area contributed by atoms with Crippen LogP contribution in [0.25, 0.3) is 0 Å². The van der Waals surface area contributed by atoms with Gasteiger partial charge in [-0.3, -0.25) is 9.59 Å². The summed E-state index contributed by atoms with van der Waals surface area (Å²) in [5.74, 6) is -0.00588. The van der Waals surface area contributed by atoms with Gasteiger partial charge < -0.3 is 15.6 Å². The van der Waals surface area contributed by atoms with Gasteiger partial charge in [-0.1, -0.05) is 6.92 Å². The Morgan fingerprint density at radius 3 is 2.48 bits per heavy atom. The number of carbonyl (C=O) groups is 2. The topological polar surface area (TPSA) is 77.1 Å². The van der Waals surface area contributed by atoms with Crippen LogP contribution in [0.5, 0.6) is 0 Å². The van der Waals surface area contributed by atoms with Crippen LogP contribution in [0.4, 0.5) is 5.69 Å². The number of nitrogen functional groups attached to an aromatic ring is 1. The van der Waals surface area contributed by atoms with Crippen LogP contribution in [0, 0.1) is 0 Å². The van der Waals surface area contributed by atoms with Gasteiger partial charge in [-0.2, -0.15) is 0 Å². The average Bonchev–Trinajstić information content (AvgIpc) is 2.91. The summed E-state index contributed by atoms with van der Waals surface area (Å²) in [7, 11) is 1.85. The first kappa shape index (κ1) is 16.8. The smallest absolute Gasteiger partial charge is 0.220 e. The molecule has 0 unspecified atom stereocenters. The monoisotopic (exact) mass is 313 g/mol. The summed E-state index contributed by atoms with van der Waals surface area (Å²) in [4.78, 5) is 24.2. The van der Waals surface area contributed by atoms with E-state index < -0.39 is 0 Å². The number of benzene rings is 1. The maximum absolute atomic E-state index is 12.5. The Kier molecular flexibility index (Phi) is 5.57. The molecule has 0 aliphatic carbocycles. The fourth-order valence-electron chi connectivity index (χ4n) is 2.41. The molecule has 0 aliphatic heterocycles. The molecule has 5 heteroatoms. The van der Waals surface area contributed by atoms with Gasteiger partial charge in [-0.15, -0.1) is 0 Å². The number of aromatic nitrogens is 1. The lowest BCUT2D eigenvalue weighted by atomic mass is 10.1. The Balaban J connectivity index is 2.05. The molecule has 23 heavy (non-hydrogen) atoms. The number of nitrogens with one attached hydrogen (secondary N) is 1. The molecular weight excluding hydrogens is 290 g/mol. The maximum atomic E-state index is 12.5. The van der Waals surface area contributed by atoms with Crippen LogP contribution < -0.4 is 11.1 Å². The van der Waals surface area contributed by atoms with Crippen LogP contribution in [-0.4, -0.2) is 22.8 Å². The van der Waals surface area contributed by atoms with Crippen LogP contribution in [0.1, 0.15) is 41.5 Å². The minimum atomic E-state index is -0.0471. The number of amides is 1. The van der Waals surface area contributed by atoms with E-state index in [9.17, 15) is 9.59 Å². The quantitative estimate of drug-likeness (QED) is 0.608. The van der Waals surface area contributed by atoms with Gasteiger partial charge in [0.2, 0.25) is 11.7 Å². The zero-order valence-electron chi connectivity index (χ0n) is 13.6. The number of hydrogen-bond acceptors (Lipinski definition) is 3. The summed E-state index contributed by atoms with van der Waals surface area (Å²) in [6.07, 6.45) is 1.96. The average molecular weight is 313 g/mol. The van der Waals surface area contributed by atoms with Crippen molar-refractivity contribution in [2.24, 2.45) is 7.05 Å². The summed E-state index contributed by atoms with van der Waals surface area (Å²) in [6, 6.07) is 10.6. The number of nitrogens with two attached hydrogens (primary N) is 1. The minimum absolute atomic E-state index is 0.0412. The molecule has 0 spiro atoms. The van der Waals surface area contributed by atoms with E-state index in [4.69, 9.17) is 5.73 Å². The molecule has 0 fully saturated rings. The van der Waals surface area contributed by atoms with E-state index in [1.807, 2.05) is 24.6 Å². The molecule has 0 atom stereocenters. The predicted octanol–water partition coefficient (Wildman–Crippen LogP) is 2.30. The highest BCUT2D eigenvalue weighted by Crippen LogP contribution is 2.15. The maximum Gasteiger partial charge on any atom is 0.220 e. The molecule has 1 amide bonds. The molecular formula is C18H23N3O2. The van der Waals surface area contributed by atoms with E-state index >= 15 is 0 Å². The van der Waals surface area contributed by atoms with Gasteiger partial charge in [0.25, 0.3) is 0 Å². The Labute approximate surface area is 136 Å². The summed E-state index contributed by atoms with van der Waals surface area (Å²) in [6.45, 7) is 2.72. The summed E-state index contributed by atoms with van der Waals surface area (Å²) in [5.41, 5.74) is 8.46. The molecule has 0 aliphatic rings. The third-order valence-corrected chi connectivity index (χ3v) is 3.81. The Morgan fingerprint density at radius 1 is 1.13 bits per heavy atom. The van der Waals surface area contributed by atoms with Crippen molar-refractivity contribution in [3.8, 4) is 0 Å². The Morgan fingerprint density at radius 2 is 1.83 bits per heavy atom. The van der Waals surface area contributed by atoms with Crippen molar-refractivity contribution >= 4 is 17.4 Å². The van der Waals surface area contributed by atoms with E-state index in [0.29, 0.717) is 36.3 Å². The van der Waals surface area contributed by atoms with Gasteiger partial charge in [-0.05, 0) is 49.2 Å². The molecule has 1 aromatic carbocycles. The first-order chi connectivity index (χ1) is 11.0. The van der Waals surface area contributed by atoms with Crippen molar-refractivity contribution in [1.82, 2.24) is 9.88 Å². The highest BCUT2D eigenvalue weighted by molar-refractivity contribution is 6.08. The molecule has 0 saturated carbocycles. The third-order valence-electron chi connectivity index (χ3n) is 3.81. The van der Waals surface area contributed by atoms with Crippen LogP contribution in [0.2, 0.25) is 0 Å². The molecule has 0 saturated heterocycles.